The molecule has 2 heterocycles. The molecule has 3 aromatic rings. The van der Waals surface area contributed by atoms with Gasteiger partial charge >= 0.3 is 0 Å². The summed E-state index contributed by atoms with van der Waals surface area (Å²) < 4.78 is 0. The number of benzodiazepines with no additional fused rings is 1. The topological polar surface area (TPSA) is 58.7 Å². The van der Waals surface area contributed by atoms with E-state index in [0.717, 1.165) is 33.0 Å². The fourth-order valence-electron chi connectivity index (χ4n) is 3.10. The Morgan fingerprint density at radius 2 is 1.84 bits per heavy atom. The van der Waals surface area contributed by atoms with Crippen LogP contribution in [0.3, 0.4) is 0 Å². The van der Waals surface area contributed by atoms with E-state index >= 15 is 0 Å². The van der Waals surface area contributed by atoms with Gasteiger partial charge in [-0.1, -0.05) is 48.5 Å². The number of anilines is 1. The van der Waals surface area contributed by atoms with Crippen LogP contribution in [-0.4, -0.2) is 24.8 Å². The Kier molecular flexibility index (Phi) is 3.95. The number of aliphatic imine (C=N–C) groups is 1. The van der Waals surface area contributed by atoms with Crippen molar-refractivity contribution in [2.24, 2.45) is 10.7 Å². The fourth-order valence-corrected chi connectivity index (χ4v) is 3.85. The number of rotatable bonds is 2. The smallest absolute Gasteiger partial charge is 0.266 e. The van der Waals surface area contributed by atoms with Crippen molar-refractivity contribution in [3.05, 3.63) is 77.2 Å². The first-order chi connectivity index (χ1) is 12.2. The summed E-state index contributed by atoms with van der Waals surface area (Å²) in [5, 5.41) is 2.05. The van der Waals surface area contributed by atoms with Gasteiger partial charge in [-0.05, 0) is 17.5 Å². The van der Waals surface area contributed by atoms with E-state index in [9.17, 15) is 4.79 Å². The molecule has 1 amide bonds. The predicted molar refractivity (Wildman–Crippen MR) is 103 cm³/mol. The molecule has 124 valence electrons. The molecule has 1 unspecified atom stereocenters. The molecule has 4 rings (SSSR count). The number of nitrogens with two attached hydrogens (primary N) is 1. The second kappa shape index (κ2) is 6.27. The van der Waals surface area contributed by atoms with Crippen LogP contribution in [0.25, 0.3) is 10.4 Å². The molecule has 1 atom stereocenters. The third-order valence-electron chi connectivity index (χ3n) is 4.33. The molecule has 0 saturated carbocycles. The summed E-state index contributed by atoms with van der Waals surface area (Å²) in [6, 6.07) is 20.0. The van der Waals surface area contributed by atoms with E-state index in [-0.39, 0.29) is 5.91 Å². The Morgan fingerprint density at radius 1 is 1.04 bits per heavy atom. The molecule has 0 spiro atoms. The zero-order valence-corrected chi connectivity index (χ0v) is 14.5. The van der Waals surface area contributed by atoms with Gasteiger partial charge in [0.15, 0.2) is 6.17 Å². The van der Waals surface area contributed by atoms with Crippen LogP contribution in [0, 0.1) is 0 Å². The molecular formula is C20H17N3OS. The van der Waals surface area contributed by atoms with Crippen LogP contribution < -0.4 is 10.6 Å². The largest absolute Gasteiger partial charge is 0.312 e. The van der Waals surface area contributed by atoms with E-state index in [2.05, 4.69) is 17.1 Å². The van der Waals surface area contributed by atoms with Crippen LogP contribution in [0.1, 0.15) is 11.1 Å². The van der Waals surface area contributed by atoms with Gasteiger partial charge in [0.1, 0.15) is 0 Å². The summed E-state index contributed by atoms with van der Waals surface area (Å²) in [5.41, 5.74) is 10.6. The number of hydrogen-bond donors (Lipinski definition) is 1. The van der Waals surface area contributed by atoms with Crippen molar-refractivity contribution in [3.8, 4) is 10.4 Å². The number of nitrogens with zero attached hydrogens (tertiary/aromatic N) is 2. The van der Waals surface area contributed by atoms with Crippen LogP contribution >= 0.6 is 11.3 Å². The lowest BCUT2D eigenvalue weighted by Gasteiger charge is -2.20. The molecule has 0 bridgehead atoms. The molecule has 5 heteroatoms. The average molecular weight is 347 g/mol. The minimum absolute atomic E-state index is 0.212. The first-order valence-electron chi connectivity index (χ1n) is 8.00. The monoisotopic (exact) mass is 347 g/mol. The minimum atomic E-state index is -0.913. The zero-order valence-electron chi connectivity index (χ0n) is 13.7. The van der Waals surface area contributed by atoms with Gasteiger partial charge in [-0.3, -0.25) is 9.79 Å². The second-order valence-electron chi connectivity index (χ2n) is 5.86. The molecule has 1 aromatic heterocycles. The molecule has 2 aromatic carbocycles. The summed E-state index contributed by atoms with van der Waals surface area (Å²) >= 11 is 1.67. The van der Waals surface area contributed by atoms with E-state index in [1.165, 1.54) is 0 Å². The number of hydrogen-bond acceptors (Lipinski definition) is 4. The van der Waals surface area contributed by atoms with E-state index < -0.39 is 6.17 Å². The van der Waals surface area contributed by atoms with Crippen molar-refractivity contribution in [3.63, 3.8) is 0 Å². The summed E-state index contributed by atoms with van der Waals surface area (Å²) in [4.78, 5) is 19.9. The molecule has 0 saturated heterocycles. The zero-order chi connectivity index (χ0) is 17.4. The maximum absolute atomic E-state index is 12.6. The van der Waals surface area contributed by atoms with Crippen LogP contribution in [0.2, 0.25) is 0 Å². The lowest BCUT2D eigenvalue weighted by atomic mass is 9.94. The standard InChI is InChI=1S/C20H17N3OS/c1-23-15-10-5-9-14(16-11-6-12-25-16)17(15)18(22-19(21)20(23)24)13-7-3-2-4-8-13/h2-12,19H,21H2,1H3. The van der Waals surface area contributed by atoms with E-state index in [1.807, 2.05) is 53.9 Å². The predicted octanol–water partition coefficient (Wildman–Crippen LogP) is 3.51. The van der Waals surface area contributed by atoms with Crippen LogP contribution in [0.5, 0.6) is 0 Å². The lowest BCUT2D eigenvalue weighted by molar-refractivity contribution is -0.119. The van der Waals surface area contributed by atoms with E-state index in [4.69, 9.17) is 5.73 Å². The average Bonchev–Trinajstić information content (AvgIpc) is 3.16. The molecule has 0 radical (unpaired) electrons. The highest BCUT2D eigenvalue weighted by Crippen LogP contribution is 2.37. The number of thiophene rings is 1. The van der Waals surface area contributed by atoms with Gasteiger partial charge in [-0.15, -0.1) is 11.3 Å². The molecule has 0 aliphatic carbocycles. The highest BCUT2D eigenvalue weighted by atomic mass is 32.1. The van der Waals surface area contributed by atoms with Crippen LogP contribution in [-0.2, 0) is 4.79 Å². The summed E-state index contributed by atoms with van der Waals surface area (Å²) in [5.74, 6) is -0.212. The summed E-state index contributed by atoms with van der Waals surface area (Å²) in [6.07, 6.45) is -0.913. The SMILES string of the molecule is CN1C(=O)C(N)N=C(c2ccccc2)c2c(-c3cccs3)cccc21. The molecule has 25 heavy (non-hydrogen) atoms. The Labute approximate surface area is 150 Å². The van der Waals surface area contributed by atoms with Gasteiger partial charge in [-0.25, -0.2) is 0 Å². The summed E-state index contributed by atoms with van der Waals surface area (Å²) in [7, 11) is 1.75. The Balaban J connectivity index is 2.05. The normalized spacial score (nSPS) is 17.0. The van der Waals surface area contributed by atoms with Crippen molar-refractivity contribution in [1.82, 2.24) is 0 Å². The van der Waals surface area contributed by atoms with Gasteiger partial charge in [0.25, 0.3) is 5.91 Å². The second-order valence-corrected chi connectivity index (χ2v) is 6.81. The van der Waals surface area contributed by atoms with Gasteiger partial charge in [0.2, 0.25) is 0 Å². The fraction of sp³-hybridized carbons (Fsp3) is 0.100. The van der Waals surface area contributed by atoms with Crippen molar-refractivity contribution in [2.75, 3.05) is 11.9 Å². The minimum Gasteiger partial charge on any atom is -0.312 e. The van der Waals surface area contributed by atoms with E-state index in [0.29, 0.717) is 0 Å². The molecule has 1 aliphatic heterocycles. The number of benzene rings is 2. The first kappa shape index (κ1) is 15.7. The van der Waals surface area contributed by atoms with Crippen molar-refractivity contribution >= 4 is 28.6 Å². The lowest BCUT2D eigenvalue weighted by Crippen LogP contribution is -2.39. The van der Waals surface area contributed by atoms with Crippen LogP contribution in [0.15, 0.2) is 71.0 Å². The van der Waals surface area contributed by atoms with Gasteiger partial charge in [0, 0.05) is 28.6 Å². The first-order valence-corrected chi connectivity index (χ1v) is 8.88. The maximum atomic E-state index is 12.6. The van der Waals surface area contributed by atoms with E-state index in [1.54, 1.807) is 23.3 Å². The third-order valence-corrected chi connectivity index (χ3v) is 5.23. The number of likely N-dealkylation sites (N-methyl/N-ethyl adjacent to an activating group) is 1. The third kappa shape index (κ3) is 2.67. The number of carbonyl (C=O) groups excluding carboxylic acids is 1. The molecule has 2 N–H and O–H groups in total. The Bertz CT molecular complexity index is 948. The highest BCUT2D eigenvalue weighted by molar-refractivity contribution is 7.13. The molecule has 1 aliphatic rings. The van der Waals surface area contributed by atoms with Crippen molar-refractivity contribution in [2.45, 2.75) is 6.17 Å². The maximum Gasteiger partial charge on any atom is 0.266 e. The molecular weight excluding hydrogens is 330 g/mol. The highest BCUT2D eigenvalue weighted by Gasteiger charge is 2.29. The Morgan fingerprint density at radius 3 is 2.56 bits per heavy atom. The molecule has 0 fully saturated rings. The van der Waals surface area contributed by atoms with Crippen LogP contribution in [0.4, 0.5) is 5.69 Å². The number of carbonyl (C=O) groups is 1. The molecule has 4 nitrogen and oxygen atoms in total. The van der Waals surface area contributed by atoms with Gasteiger partial charge in [-0.2, -0.15) is 0 Å². The quantitative estimate of drug-likeness (QED) is 0.771. The van der Waals surface area contributed by atoms with Crippen molar-refractivity contribution < 1.29 is 4.79 Å². The summed E-state index contributed by atoms with van der Waals surface area (Å²) in [6.45, 7) is 0. The number of amides is 1. The van der Waals surface area contributed by atoms with Crippen molar-refractivity contribution in [1.29, 1.82) is 0 Å². The van der Waals surface area contributed by atoms with Gasteiger partial charge in [0.05, 0.1) is 11.4 Å². The number of fused-ring (bicyclic) bond motifs is 1. The van der Waals surface area contributed by atoms with Gasteiger partial charge < -0.3 is 10.6 Å². The Hall–Kier alpha value is -2.76.